The van der Waals surface area contributed by atoms with E-state index in [4.69, 9.17) is 0 Å². The van der Waals surface area contributed by atoms with E-state index in [1.807, 2.05) is 0 Å². The first-order valence-electron chi connectivity index (χ1n) is 4.00. The highest BCUT2D eigenvalue weighted by atomic mass is 16.3. The molecule has 2 rings (SSSR count). The van der Waals surface area contributed by atoms with Crippen LogP contribution in [0.5, 0.6) is 0 Å². The summed E-state index contributed by atoms with van der Waals surface area (Å²) in [7, 11) is 0. The molecule has 0 aromatic heterocycles. The Balaban J connectivity index is 2.08. The van der Waals surface area contributed by atoms with Crippen molar-refractivity contribution in [1.82, 2.24) is 0 Å². The molecule has 0 spiro atoms. The molecule has 0 aliphatic heterocycles. The van der Waals surface area contributed by atoms with Crippen LogP contribution in [0.3, 0.4) is 0 Å². The number of rotatable bonds is 0. The fourth-order valence-corrected chi connectivity index (χ4v) is 2.06. The molecule has 0 bridgehead atoms. The highest BCUT2D eigenvalue weighted by Gasteiger charge is 2.50. The van der Waals surface area contributed by atoms with Gasteiger partial charge in [-0.15, -0.1) is 0 Å². The van der Waals surface area contributed by atoms with Crippen molar-refractivity contribution in [3.8, 4) is 0 Å². The zero-order valence-corrected chi connectivity index (χ0v) is 6.25. The lowest BCUT2D eigenvalue weighted by Gasteiger charge is -2.32. The Labute approximate surface area is 60.9 Å². The standard InChI is InChI=1S/C8H14O2/c1-8(10)4-6-2-5(6)3-7(8)9/h5-7,9-10H,2-4H2,1H3. The van der Waals surface area contributed by atoms with Gasteiger partial charge in [0.15, 0.2) is 0 Å². The smallest absolute Gasteiger partial charge is 0.0880 e. The van der Waals surface area contributed by atoms with Gasteiger partial charge in [-0.3, -0.25) is 0 Å². The lowest BCUT2D eigenvalue weighted by Crippen LogP contribution is -2.42. The molecule has 0 amide bonds. The Hall–Kier alpha value is -0.0800. The van der Waals surface area contributed by atoms with Gasteiger partial charge in [-0.1, -0.05) is 0 Å². The molecule has 0 saturated heterocycles. The Morgan fingerprint density at radius 3 is 2.60 bits per heavy atom. The van der Waals surface area contributed by atoms with Crippen LogP contribution in [0.25, 0.3) is 0 Å². The van der Waals surface area contributed by atoms with E-state index in [1.54, 1.807) is 6.92 Å². The molecule has 2 aliphatic rings. The van der Waals surface area contributed by atoms with E-state index >= 15 is 0 Å². The maximum absolute atomic E-state index is 9.59. The second kappa shape index (κ2) is 1.74. The molecule has 0 aromatic carbocycles. The molecule has 2 saturated carbocycles. The summed E-state index contributed by atoms with van der Waals surface area (Å²) in [6.45, 7) is 1.74. The average molecular weight is 142 g/mol. The topological polar surface area (TPSA) is 40.5 Å². The summed E-state index contributed by atoms with van der Waals surface area (Å²) < 4.78 is 0. The summed E-state index contributed by atoms with van der Waals surface area (Å²) >= 11 is 0. The third kappa shape index (κ3) is 0.867. The number of hydrogen-bond acceptors (Lipinski definition) is 2. The van der Waals surface area contributed by atoms with Crippen molar-refractivity contribution >= 4 is 0 Å². The van der Waals surface area contributed by atoms with Crippen LogP contribution in [0.4, 0.5) is 0 Å². The molecule has 2 nitrogen and oxygen atoms in total. The van der Waals surface area contributed by atoms with Crippen LogP contribution in [-0.2, 0) is 0 Å². The maximum Gasteiger partial charge on any atom is 0.0880 e. The molecule has 2 heteroatoms. The first kappa shape index (κ1) is 6.62. The van der Waals surface area contributed by atoms with Gasteiger partial charge < -0.3 is 10.2 Å². The first-order chi connectivity index (χ1) is 4.59. The summed E-state index contributed by atoms with van der Waals surface area (Å²) in [4.78, 5) is 0. The van der Waals surface area contributed by atoms with Gasteiger partial charge in [0.05, 0.1) is 11.7 Å². The summed E-state index contributed by atoms with van der Waals surface area (Å²) in [5, 5.41) is 19.0. The predicted molar refractivity (Wildman–Crippen MR) is 37.5 cm³/mol. The molecule has 0 radical (unpaired) electrons. The van der Waals surface area contributed by atoms with Crippen molar-refractivity contribution in [2.75, 3.05) is 0 Å². The summed E-state index contributed by atoms with van der Waals surface area (Å²) in [6, 6.07) is 0. The van der Waals surface area contributed by atoms with Gasteiger partial charge >= 0.3 is 0 Å². The van der Waals surface area contributed by atoms with Gasteiger partial charge in [0.25, 0.3) is 0 Å². The third-order valence-corrected chi connectivity index (χ3v) is 2.99. The Kier molecular flexibility index (Phi) is 1.15. The van der Waals surface area contributed by atoms with E-state index in [9.17, 15) is 10.2 Å². The molecule has 2 aliphatic carbocycles. The van der Waals surface area contributed by atoms with Crippen LogP contribution < -0.4 is 0 Å². The predicted octanol–water partition coefficient (Wildman–Crippen LogP) is 0.528. The van der Waals surface area contributed by atoms with Gasteiger partial charge in [-0.2, -0.15) is 0 Å². The van der Waals surface area contributed by atoms with E-state index in [1.165, 1.54) is 6.42 Å². The van der Waals surface area contributed by atoms with Crippen molar-refractivity contribution in [2.24, 2.45) is 11.8 Å². The van der Waals surface area contributed by atoms with Gasteiger partial charge in [0.2, 0.25) is 0 Å². The summed E-state index contributed by atoms with van der Waals surface area (Å²) in [6.07, 6.45) is 2.38. The van der Waals surface area contributed by atoms with Crippen molar-refractivity contribution in [1.29, 1.82) is 0 Å². The second-order valence-corrected chi connectivity index (χ2v) is 4.07. The molecule has 0 aromatic rings. The van der Waals surface area contributed by atoms with Gasteiger partial charge in [0.1, 0.15) is 0 Å². The van der Waals surface area contributed by atoms with Gasteiger partial charge in [-0.05, 0) is 38.0 Å². The fourth-order valence-electron chi connectivity index (χ4n) is 2.06. The van der Waals surface area contributed by atoms with Crippen LogP contribution >= 0.6 is 0 Å². The fraction of sp³-hybridized carbons (Fsp3) is 1.00. The van der Waals surface area contributed by atoms with Gasteiger partial charge in [0, 0.05) is 0 Å². The Bertz CT molecular complexity index is 153. The first-order valence-corrected chi connectivity index (χ1v) is 4.00. The normalized spacial score (nSPS) is 59.7. The summed E-state index contributed by atoms with van der Waals surface area (Å²) in [5.74, 6) is 1.45. The van der Waals surface area contributed by atoms with Crippen molar-refractivity contribution < 1.29 is 10.2 Å². The number of fused-ring (bicyclic) bond motifs is 1. The van der Waals surface area contributed by atoms with Crippen molar-refractivity contribution in [2.45, 2.75) is 37.9 Å². The molecular weight excluding hydrogens is 128 g/mol. The minimum absolute atomic E-state index is 0.476. The average Bonchev–Trinajstić information content (AvgIpc) is 2.44. The van der Waals surface area contributed by atoms with Crippen LogP contribution in [0.1, 0.15) is 26.2 Å². The minimum Gasteiger partial charge on any atom is -0.390 e. The number of aliphatic hydroxyl groups is 2. The minimum atomic E-state index is -0.794. The Morgan fingerprint density at radius 2 is 2.00 bits per heavy atom. The van der Waals surface area contributed by atoms with E-state index in [-0.39, 0.29) is 0 Å². The molecule has 4 atom stereocenters. The third-order valence-electron chi connectivity index (χ3n) is 2.99. The zero-order valence-electron chi connectivity index (χ0n) is 6.25. The largest absolute Gasteiger partial charge is 0.390 e. The quantitative estimate of drug-likeness (QED) is 0.518. The number of hydrogen-bond donors (Lipinski definition) is 2. The van der Waals surface area contributed by atoms with Crippen LogP contribution in [0.15, 0.2) is 0 Å². The van der Waals surface area contributed by atoms with Gasteiger partial charge in [-0.25, -0.2) is 0 Å². The molecule has 2 fully saturated rings. The zero-order chi connectivity index (χ0) is 7.35. The molecule has 2 N–H and O–H groups in total. The summed E-state index contributed by atoms with van der Waals surface area (Å²) in [5.41, 5.74) is -0.794. The highest BCUT2D eigenvalue weighted by molar-refractivity contribution is 5.01. The molecular formula is C8H14O2. The van der Waals surface area contributed by atoms with Crippen molar-refractivity contribution in [3.05, 3.63) is 0 Å². The second-order valence-electron chi connectivity index (χ2n) is 4.07. The Morgan fingerprint density at radius 1 is 1.30 bits per heavy atom. The lowest BCUT2D eigenvalue weighted by atomic mass is 9.84. The number of aliphatic hydroxyl groups excluding tert-OH is 1. The maximum atomic E-state index is 9.59. The van der Waals surface area contributed by atoms with Crippen molar-refractivity contribution in [3.63, 3.8) is 0 Å². The SMILES string of the molecule is CC1(O)CC2CC2CC1O. The molecule has 4 unspecified atom stereocenters. The van der Waals surface area contributed by atoms with Crippen LogP contribution in [0, 0.1) is 11.8 Å². The van der Waals surface area contributed by atoms with E-state index < -0.39 is 11.7 Å². The van der Waals surface area contributed by atoms with Crippen LogP contribution in [0.2, 0.25) is 0 Å². The molecule has 10 heavy (non-hydrogen) atoms. The van der Waals surface area contributed by atoms with E-state index in [0.29, 0.717) is 0 Å². The molecule has 58 valence electrons. The molecule has 0 heterocycles. The van der Waals surface area contributed by atoms with E-state index in [0.717, 1.165) is 24.7 Å². The van der Waals surface area contributed by atoms with E-state index in [2.05, 4.69) is 0 Å². The monoisotopic (exact) mass is 142 g/mol. The van der Waals surface area contributed by atoms with Crippen LogP contribution in [-0.4, -0.2) is 21.9 Å². The lowest BCUT2D eigenvalue weighted by molar-refractivity contribution is -0.0892. The highest BCUT2D eigenvalue weighted by Crippen LogP contribution is 2.52.